The predicted molar refractivity (Wildman–Crippen MR) is 103 cm³/mol. The molecule has 0 spiro atoms. The molecule has 2 rings (SSSR count). The van der Waals surface area contributed by atoms with E-state index in [2.05, 4.69) is 13.8 Å². The molecule has 0 heterocycles. The fourth-order valence-corrected chi connectivity index (χ4v) is 3.52. The van der Waals surface area contributed by atoms with Crippen molar-refractivity contribution in [1.82, 2.24) is 0 Å². The van der Waals surface area contributed by atoms with E-state index in [-0.39, 0.29) is 33.0 Å². The fraction of sp³-hybridized carbons (Fsp3) is 0.235. The molecule has 0 aliphatic rings. The molecule has 0 radical (unpaired) electrons. The topological polar surface area (TPSA) is 26.3 Å². The van der Waals surface area contributed by atoms with Gasteiger partial charge < -0.3 is 4.74 Å². The van der Waals surface area contributed by atoms with Crippen molar-refractivity contribution in [2.75, 3.05) is 6.61 Å². The minimum absolute atomic E-state index is 0. The monoisotopic (exact) mass is 362 g/mol. The van der Waals surface area contributed by atoms with Gasteiger partial charge in [0.1, 0.15) is 5.75 Å². The molecule has 0 N–H and O–H groups in total. The Kier molecular flexibility index (Phi) is 8.70. The van der Waals surface area contributed by atoms with Gasteiger partial charge in [-0.1, -0.05) is 55.2 Å². The van der Waals surface area contributed by atoms with Crippen molar-refractivity contribution in [3.8, 4) is 5.75 Å². The van der Waals surface area contributed by atoms with E-state index in [9.17, 15) is 4.79 Å². The van der Waals surface area contributed by atoms with Crippen molar-refractivity contribution < 1.29 is 9.53 Å². The number of ether oxygens (including phenoxy) is 1. The van der Waals surface area contributed by atoms with E-state index in [1.165, 1.54) is 0 Å². The molecule has 2 aromatic carbocycles. The van der Waals surface area contributed by atoms with Gasteiger partial charge in [0, 0.05) is 0 Å². The van der Waals surface area contributed by atoms with E-state index < -0.39 is 0 Å². The summed E-state index contributed by atoms with van der Waals surface area (Å²) in [5, 5.41) is 1.71. The van der Waals surface area contributed by atoms with Crippen LogP contribution < -0.4 is 10.0 Å². The number of hydrogen-bond acceptors (Lipinski definition) is 2. The molecule has 118 valence electrons. The Morgan fingerprint density at radius 1 is 1.09 bits per heavy atom. The molecule has 0 saturated heterocycles. The molecular formula is C17H18Cl2LiO2P. The van der Waals surface area contributed by atoms with E-state index in [0.717, 1.165) is 11.1 Å². The van der Waals surface area contributed by atoms with Crippen LogP contribution in [0, 0.1) is 5.92 Å². The summed E-state index contributed by atoms with van der Waals surface area (Å²) in [5.74, 6) is 1.29. The Morgan fingerprint density at radius 3 is 2.17 bits per heavy atom. The molecular weight excluding hydrogens is 345 g/mol. The maximum absolute atomic E-state index is 12.4. The number of carbonyl (C=O) groups excluding carboxylic acids is 1. The number of hydrogen-bond donors (Lipinski definition) is 0. The first-order valence-corrected chi connectivity index (χ1v) is 8.71. The second kappa shape index (κ2) is 9.73. The van der Waals surface area contributed by atoms with Crippen LogP contribution in [0.2, 0.25) is 10.0 Å². The van der Waals surface area contributed by atoms with Crippen molar-refractivity contribution in [3.63, 3.8) is 0 Å². The number of benzene rings is 2. The first-order valence-electron chi connectivity index (χ1n) is 6.95. The van der Waals surface area contributed by atoms with Crippen molar-refractivity contribution in [3.05, 3.63) is 58.1 Å². The summed E-state index contributed by atoms with van der Waals surface area (Å²) in [6.07, 6.45) is 0. The van der Waals surface area contributed by atoms with Gasteiger partial charge in [-0.25, -0.2) is 0 Å². The van der Waals surface area contributed by atoms with Crippen molar-refractivity contribution in [2.45, 2.75) is 13.8 Å². The second-order valence-electron chi connectivity index (χ2n) is 5.28. The van der Waals surface area contributed by atoms with Crippen LogP contribution >= 0.6 is 31.8 Å². The molecule has 0 aliphatic heterocycles. The van der Waals surface area contributed by atoms with E-state index >= 15 is 0 Å². The zero-order chi connectivity index (χ0) is 16.1. The first-order chi connectivity index (χ1) is 10.5. The Labute approximate surface area is 160 Å². The van der Waals surface area contributed by atoms with Gasteiger partial charge in [-0.15, -0.1) is 0 Å². The quantitative estimate of drug-likeness (QED) is 0.557. The third-order valence-corrected chi connectivity index (χ3v) is 4.61. The Morgan fingerprint density at radius 2 is 1.65 bits per heavy atom. The first kappa shape index (κ1) is 20.6. The summed E-state index contributed by atoms with van der Waals surface area (Å²) in [4.78, 5) is 12.4. The van der Waals surface area contributed by atoms with Gasteiger partial charge in [-0.3, -0.25) is 4.79 Å². The van der Waals surface area contributed by atoms with Crippen molar-refractivity contribution in [2.24, 2.45) is 5.92 Å². The number of carbonyl (C=O) groups is 1. The summed E-state index contributed by atoms with van der Waals surface area (Å²) >= 11 is 12.1. The average molecular weight is 363 g/mol. The molecule has 0 aliphatic carbocycles. The van der Waals surface area contributed by atoms with Gasteiger partial charge in [0.2, 0.25) is 0 Å². The summed E-state index contributed by atoms with van der Waals surface area (Å²) < 4.78 is 5.63. The molecule has 0 fully saturated rings. The molecule has 0 saturated carbocycles. The molecule has 1 unspecified atom stereocenters. The van der Waals surface area contributed by atoms with Gasteiger partial charge in [-0.2, -0.15) is 0 Å². The molecule has 0 aromatic heterocycles. The second-order valence-corrected chi connectivity index (χ2v) is 7.38. The molecule has 2 aromatic rings. The van der Waals surface area contributed by atoms with E-state index in [1.54, 1.807) is 18.2 Å². The van der Waals surface area contributed by atoms with Crippen LogP contribution in [-0.4, -0.2) is 31.0 Å². The summed E-state index contributed by atoms with van der Waals surface area (Å²) in [5.41, 5.74) is 0.329. The molecule has 1 atom stereocenters. The standard InChI is InChI=1S/C17H17Cl2O2P.Li.H/c1-11(2)10-21-12-6-8-13(9-7-12)22-17(20)16-14(18)4-3-5-15(16)19;;/h3-9,11,22H,10H2,1-2H3;;. The fourth-order valence-electron chi connectivity index (χ4n) is 1.81. The average Bonchev–Trinajstić information content (AvgIpc) is 2.46. The zero-order valence-electron chi connectivity index (χ0n) is 12.4. The molecule has 0 amide bonds. The normalized spacial score (nSPS) is 10.8. The SMILES string of the molecule is CC(C)COc1ccc(PC(=O)c2c(Cl)cccc2Cl)cc1.[LiH]. The third kappa shape index (κ3) is 6.15. The van der Waals surface area contributed by atoms with E-state index in [1.807, 2.05) is 24.3 Å². The van der Waals surface area contributed by atoms with Gasteiger partial charge in [-0.05, 0) is 44.1 Å². The van der Waals surface area contributed by atoms with Gasteiger partial charge in [0.25, 0.3) is 0 Å². The maximum atomic E-state index is 12.4. The van der Waals surface area contributed by atoms with E-state index in [0.29, 0.717) is 28.1 Å². The summed E-state index contributed by atoms with van der Waals surface area (Å²) in [6, 6.07) is 12.6. The number of halogens is 2. The van der Waals surface area contributed by atoms with Crippen LogP contribution in [0.1, 0.15) is 24.2 Å². The van der Waals surface area contributed by atoms with Crippen molar-refractivity contribution in [1.29, 1.82) is 0 Å². The Hall–Kier alpha value is -0.483. The molecule has 2 nitrogen and oxygen atoms in total. The zero-order valence-corrected chi connectivity index (χ0v) is 14.9. The van der Waals surface area contributed by atoms with Crippen LogP contribution in [0.5, 0.6) is 5.75 Å². The minimum atomic E-state index is -0.0635. The van der Waals surface area contributed by atoms with Crippen LogP contribution in [0.3, 0.4) is 0 Å². The summed E-state index contributed by atoms with van der Waals surface area (Å²) in [7, 11) is -0.0211. The predicted octanol–water partition coefficient (Wildman–Crippen LogP) is 4.52. The van der Waals surface area contributed by atoms with Gasteiger partial charge in [0.05, 0.1) is 22.2 Å². The Bertz CT molecular complexity index is 640. The van der Waals surface area contributed by atoms with Crippen LogP contribution in [0.4, 0.5) is 0 Å². The molecule has 23 heavy (non-hydrogen) atoms. The third-order valence-electron chi connectivity index (χ3n) is 2.89. The Balaban J connectivity index is 0.00000264. The van der Waals surface area contributed by atoms with Gasteiger partial charge >= 0.3 is 18.9 Å². The van der Waals surface area contributed by atoms with Gasteiger partial charge in [0.15, 0.2) is 5.52 Å². The van der Waals surface area contributed by atoms with Crippen LogP contribution in [0.15, 0.2) is 42.5 Å². The number of rotatable bonds is 6. The van der Waals surface area contributed by atoms with Crippen molar-refractivity contribution >= 4 is 61.5 Å². The van der Waals surface area contributed by atoms with Crippen LogP contribution in [-0.2, 0) is 0 Å². The van der Waals surface area contributed by atoms with Crippen LogP contribution in [0.25, 0.3) is 0 Å². The van der Waals surface area contributed by atoms with E-state index in [4.69, 9.17) is 27.9 Å². The summed E-state index contributed by atoms with van der Waals surface area (Å²) in [6.45, 7) is 4.87. The molecule has 6 heteroatoms. The molecule has 0 bridgehead atoms.